The van der Waals surface area contributed by atoms with Crippen LogP contribution >= 0.6 is 0 Å². The molecule has 48 valence electrons. The molecule has 0 bridgehead atoms. The smallest absolute Gasteiger partial charge is 0.0985 e. The van der Waals surface area contributed by atoms with E-state index in [9.17, 15) is 0 Å². The molecule has 2 nitrogen and oxygen atoms in total. The average molecular weight is 115 g/mol. The summed E-state index contributed by atoms with van der Waals surface area (Å²) in [6.07, 6.45) is 4.48. The van der Waals surface area contributed by atoms with Crippen molar-refractivity contribution in [3.05, 3.63) is 12.5 Å². The van der Waals surface area contributed by atoms with Crippen molar-refractivity contribution in [3.8, 4) is 0 Å². The lowest BCUT2D eigenvalue weighted by molar-refractivity contribution is 0.248. The van der Waals surface area contributed by atoms with Gasteiger partial charge in [0.1, 0.15) is 0 Å². The van der Waals surface area contributed by atoms with Crippen LogP contribution in [0.1, 0.15) is 13.3 Å². The van der Waals surface area contributed by atoms with Gasteiger partial charge in [-0.25, -0.2) is 0 Å². The van der Waals surface area contributed by atoms with Gasteiger partial charge in [0.05, 0.1) is 12.9 Å². The summed E-state index contributed by atoms with van der Waals surface area (Å²) >= 11 is 0. The van der Waals surface area contributed by atoms with Crippen molar-refractivity contribution in [1.82, 2.24) is 5.32 Å². The van der Waals surface area contributed by atoms with E-state index in [2.05, 4.69) is 12.2 Å². The Kier molecular flexibility index (Phi) is 5.82. The van der Waals surface area contributed by atoms with Crippen LogP contribution in [-0.4, -0.2) is 13.7 Å². The molecule has 0 aromatic heterocycles. The molecule has 0 unspecified atom stereocenters. The summed E-state index contributed by atoms with van der Waals surface area (Å²) in [4.78, 5) is 0. The first-order valence-electron chi connectivity index (χ1n) is 2.85. The van der Waals surface area contributed by atoms with E-state index < -0.39 is 0 Å². The number of hydrogen-bond acceptors (Lipinski definition) is 2. The highest BCUT2D eigenvalue weighted by Crippen LogP contribution is 1.78. The van der Waals surface area contributed by atoms with Gasteiger partial charge in [0.15, 0.2) is 0 Å². The zero-order chi connectivity index (χ0) is 6.24. The third-order valence-electron chi connectivity index (χ3n) is 0.653. The maximum atomic E-state index is 4.98. The first-order valence-corrected chi connectivity index (χ1v) is 2.85. The van der Waals surface area contributed by atoms with E-state index in [0.717, 1.165) is 13.0 Å². The molecule has 0 rings (SSSR count). The van der Waals surface area contributed by atoms with E-state index in [-0.39, 0.29) is 0 Å². The molecular weight excluding hydrogens is 102 g/mol. The van der Waals surface area contributed by atoms with Gasteiger partial charge >= 0.3 is 0 Å². The van der Waals surface area contributed by atoms with Gasteiger partial charge in [0.2, 0.25) is 0 Å². The Morgan fingerprint density at radius 3 is 2.88 bits per heavy atom. The molecule has 0 aliphatic rings. The second-order valence-corrected chi connectivity index (χ2v) is 1.46. The highest BCUT2D eigenvalue weighted by Gasteiger charge is 1.71. The van der Waals surface area contributed by atoms with Crippen LogP contribution < -0.4 is 5.32 Å². The Labute approximate surface area is 50.5 Å². The molecule has 0 aliphatic heterocycles. The molecule has 0 radical (unpaired) electrons. The summed E-state index contributed by atoms with van der Waals surface area (Å²) in [5.41, 5.74) is 0. The Balaban J connectivity index is 2.80. The normalized spacial score (nSPS) is 9.75. The van der Waals surface area contributed by atoms with Crippen LogP contribution in [0.2, 0.25) is 0 Å². The van der Waals surface area contributed by atoms with Crippen LogP contribution in [0.3, 0.4) is 0 Å². The van der Waals surface area contributed by atoms with E-state index >= 15 is 0 Å². The molecule has 0 spiro atoms. The number of rotatable bonds is 4. The minimum Gasteiger partial charge on any atom is -0.500 e. The Morgan fingerprint density at radius 1 is 1.62 bits per heavy atom. The first-order chi connectivity index (χ1) is 3.91. The van der Waals surface area contributed by atoms with Crippen molar-refractivity contribution in [3.63, 3.8) is 0 Å². The number of nitrogens with one attached hydrogen (secondary N) is 1. The number of ether oxygens (including phenoxy) is 1. The third-order valence-corrected chi connectivity index (χ3v) is 0.653. The van der Waals surface area contributed by atoms with E-state index in [1.807, 2.05) is 7.05 Å². The highest BCUT2D eigenvalue weighted by atomic mass is 16.5. The monoisotopic (exact) mass is 115 g/mol. The molecule has 0 saturated carbocycles. The van der Waals surface area contributed by atoms with Crippen molar-refractivity contribution in [2.45, 2.75) is 13.3 Å². The predicted molar refractivity (Wildman–Crippen MR) is 34.4 cm³/mol. The Hall–Kier alpha value is -0.660. The van der Waals surface area contributed by atoms with Crippen LogP contribution in [0.5, 0.6) is 0 Å². The molecule has 0 aromatic rings. The lowest BCUT2D eigenvalue weighted by atomic mass is 10.5. The zero-order valence-electron chi connectivity index (χ0n) is 5.48. The van der Waals surface area contributed by atoms with Crippen LogP contribution in [0.15, 0.2) is 12.5 Å². The molecule has 0 heterocycles. The fourth-order valence-electron chi connectivity index (χ4n) is 0.302. The molecule has 0 aliphatic carbocycles. The van der Waals surface area contributed by atoms with E-state index in [1.54, 1.807) is 12.5 Å². The van der Waals surface area contributed by atoms with E-state index in [1.165, 1.54) is 0 Å². The van der Waals surface area contributed by atoms with Crippen molar-refractivity contribution in [1.29, 1.82) is 0 Å². The van der Waals surface area contributed by atoms with Gasteiger partial charge in [0, 0.05) is 13.2 Å². The lowest BCUT2D eigenvalue weighted by Crippen LogP contribution is -1.92. The van der Waals surface area contributed by atoms with Gasteiger partial charge in [-0.3, -0.25) is 0 Å². The highest BCUT2D eigenvalue weighted by molar-refractivity contribution is 4.66. The predicted octanol–water partition coefficient (Wildman–Crippen LogP) is 1.10. The standard InChI is InChI=1S/C6H13NO/c1-3-5-8-6-4-7-2/h4,6-7H,3,5H2,1-2H3/b6-4-. The SMILES string of the molecule is CCCO/C=C\NC. The fourth-order valence-corrected chi connectivity index (χ4v) is 0.302. The van der Waals surface area contributed by atoms with Crippen LogP contribution in [0.25, 0.3) is 0 Å². The lowest BCUT2D eigenvalue weighted by Gasteiger charge is -1.93. The summed E-state index contributed by atoms with van der Waals surface area (Å²) in [5, 5.41) is 2.82. The number of hydrogen-bond donors (Lipinski definition) is 1. The minimum atomic E-state index is 0.804. The Bertz CT molecular complexity index is 61.5. The van der Waals surface area contributed by atoms with Crippen molar-refractivity contribution in [2.75, 3.05) is 13.7 Å². The first kappa shape index (κ1) is 7.34. The van der Waals surface area contributed by atoms with Gasteiger partial charge in [-0.15, -0.1) is 0 Å². The van der Waals surface area contributed by atoms with Gasteiger partial charge < -0.3 is 10.1 Å². The second kappa shape index (κ2) is 6.34. The van der Waals surface area contributed by atoms with E-state index in [0.29, 0.717) is 0 Å². The molecule has 2 heteroatoms. The van der Waals surface area contributed by atoms with Gasteiger partial charge in [0.25, 0.3) is 0 Å². The quantitative estimate of drug-likeness (QED) is 0.437. The van der Waals surface area contributed by atoms with Crippen molar-refractivity contribution >= 4 is 0 Å². The average Bonchev–Trinajstić information content (AvgIpc) is 1.81. The molecule has 0 fully saturated rings. The molecule has 8 heavy (non-hydrogen) atoms. The summed E-state index contributed by atoms with van der Waals surface area (Å²) in [5.74, 6) is 0. The second-order valence-electron chi connectivity index (χ2n) is 1.46. The van der Waals surface area contributed by atoms with Crippen LogP contribution in [-0.2, 0) is 4.74 Å². The summed E-state index contributed by atoms with van der Waals surface area (Å²) in [6, 6.07) is 0. The van der Waals surface area contributed by atoms with Gasteiger partial charge in [-0.2, -0.15) is 0 Å². The minimum absolute atomic E-state index is 0.804. The maximum Gasteiger partial charge on any atom is 0.0985 e. The summed E-state index contributed by atoms with van der Waals surface area (Å²) in [7, 11) is 1.84. The van der Waals surface area contributed by atoms with Crippen molar-refractivity contribution in [2.24, 2.45) is 0 Å². The van der Waals surface area contributed by atoms with Crippen LogP contribution in [0.4, 0.5) is 0 Å². The van der Waals surface area contributed by atoms with Crippen LogP contribution in [0, 0.1) is 0 Å². The van der Waals surface area contributed by atoms with Gasteiger partial charge in [-0.1, -0.05) is 6.92 Å². The largest absolute Gasteiger partial charge is 0.500 e. The maximum absolute atomic E-state index is 4.98. The van der Waals surface area contributed by atoms with Gasteiger partial charge in [-0.05, 0) is 6.42 Å². The molecular formula is C6H13NO. The Morgan fingerprint density at radius 2 is 2.38 bits per heavy atom. The molecule has 0 aromatic carbocycles. The van der Waals surface area contributed by atoms with Crippen molar-refractivity contribution < 1.29 is 4.74 Å². The molecule has 0 atom stereocenters. The fraction of sp³-hybridized carbons (Fsp3) is 0.667. The summed E-state index contributed by atoms with van der Waals surface area (Å²) < 4.78 is 4.98. The molecule has 1 N–H and O–H groups in total. The topological polar surface area (TPSA) is 21.3 Å². The third kappa shape index (κ3) is 5.34. The molecule has 0 amide bonds. The zero-order valence-corrected chi connectivity index (χ0v) is 5.48. The summed E-state index contributed by atoms with van der Waals surface area (Å²) in [6.45, 7) is 2.88. The van der Waals surface area contributed by atoms with E-state index in [4.69, 9.17) is 4.74 Å². The molecule has 0 saturated heterocycles.